The normalized spacial score (nSPS) is 20.0. The zero-order valence-electron chi connectivity index (χ0n) is 11.6. The van der Waals surface area contributed by atoms with Crippen LogP contribution < -0.4 is 4.72 Å². The average Bonchev–Trinajstić information content (AvgIpc) is 2.31. The first-order chi connectivity index (χ1) is 9.20. The van der Waals surface area contributed by atoms with Gasteiger partial charge in [-0.1, -0.05) is 29.8 Å². The lowest BCUT2D eigenvalue weighted by molar-refractivity contribution is 0.218. The highest BCUT2D eigenvalue weighted by Gasteiger charge is 2.30. The Morgan fingerprint density at radius 1 is 1.30 bits per heavy atom. The lowest BCUT2D eigenvalue weighted by Crippen LogP contribution is -2.39. The Kier molecular flexibility index (Phi) is 4.56. The minimum Gasteiger partial charge on any atom is -0.208 e. The highest BCUT2D eigenvalue weighted by Crippen LogP contribution is 2.35. The lowest BCUT2D eigenvalue weighted by atomic mass is 9.76. The molecule has 0 amide bonds. The van der Waals surface area contributed by atoms with Crippen molar-refractivity contribution in [2.45, 2.75) is 50.5 Å². The van der Waals surface area contributed by atoms with Crippen molar-refractivity contribution in [3.63, 3.8) is 0 Å². The van der Waals surface area contributed by atoms with Gasteiger partial charge in [0.25, 0.3) is 0 Å². The molecule has 112 valence electrons. The van der Waals surface area contributed by atoms with E-state index in [0.717, 1.165) is 25.7 Å². The molecule has 0 heterocycles. The third-order valence-electron chi connectivity index (χ3n) is 3.84. The third kappa shape index (κ3) is 3.80. The van der Waals surface area contributed by atoms with E-state index >= 15 is 0 Å². The summed E-state index contributed by atoms with van der Waals surface area (Å²) in [7, 11) is -3.79. The van der Waals surface area contributed by atoms with Crippen molar-refractivity contribution in [3.8, 4) is 0 Å². The Morgan fingerprint density at radius 3 is 2.45 bits per heavy atom. The summed E-state index contributed by atoms with van der Waals surface area (Å²) in [6, 6.07) is 3.88. The Bertz CT molecular complexity index is 591. The first kappa shape index (κ1) is 15.9. The lowest BCUT2D eigenvalue weighted by Gasteiger charge is -2.34. The summed E-state index contributed by atoms with van der Waals surface area (Å²) < 4.78 is 41.4. The molecule has 6 heteroatoms. The van der Waals surface area contributed by atoms with Crippen molar-refractivity contribution in [3.05, 3.63) is 28.5 Å². The molecule has 1 saturated carbocycles. The summed E-state index contributed by atoms with van der Waals surface area (Å²) in [5.74, 6) is -0.733. The summed E-state index contributed by atoms with van der Waals surface area (Å²) in [6.45, 7) is 4.37. The quantitative estimate of drug-likeness (QED) is 0.886. The average molecular weight is 364 g/mol. The maximum Gasteiger partial charge on any atom is 0.243 e. The zero-order valence-corrected chi connectivity index (χ0v) is 14.0. The van der Waals surface area contributed by atoms with E-state index in [0.29, 0.717) is 4.47 Å². The molecule has 1 aromatic carbocycles. The Hall–Kier alpha value is -0.460. The van der Waals surface area contributed by atoms with Crippen molar-refractivity contribution in [2.75, 3.05) is 0 Å². The van der Waals surface area contributed by atoms with E-state index in [2.05, 4.69) is 34.5 Å². The van der Waals surface area contributed by atoms with Gasteiger partial charge in [0.2, 0.25) is 10.0 Å². The van der Waals surface area contributed by atoms with Gasteiger partial charge in [0.05, 0.1) is 0 Å². The Labute approximate surface area is 128 Å². The molecule has 0 bridgehead atoms. The minimum atomic E-state index is -3.79. The van der Waals surface area contributed by atoms with Crippen LogP contribution in [0, 0.1) is 11.2 Å². The van der Waals surface area contributed by atoms with E-state index in [1.807, 2.05) is 0 Å². The molecule has 1 N–H and O–H groups in total. The summed E-state index contributed by atoms with van der Waals surface area (Å²) in [5.41, 5.74) is 0.269. The number of rotatable bonds is 3. The van der Waals surface area contributed by atoms with Gasteiger partial charge in [0.1, 0.15) is 10.7 Å². The van der Waals surface area contributed by atoms with Crippen LogP contribution in [-0.4, -0.2) is 14.5 Å². The van der Waals surface area contributed by atoms with E-state index in [4.69, 9.17) is 0 Å². The SMILES string of the molecule is CC1(C)CCC(NS(=O)(=O)c2ccc(Br)cc2F)CC1. The van der Waals surface area contributed by atoms with Gasteiger partial charge in [0.15, 0.2) is 0 Å². The van der Waals surface area contributed by atoms with Gasteiger partial charge in [-0.05, 0) is 49.3 Å². The Balaban J connectivity index is 2.12. The second-order valence-corrected chi connectivity index (χ2v) is 8.73. The van der Waals surface area contributed by atoms with E-state index in [9.17, 15) is 12.8 Å². The van der Waals surface area contributed by atoms with Crippen molar-refractivity contribution >= 4 is 26.0 Å². The summed E-state index contributed by atoms with van der Waals surface area (Å²) >= 11 is 3.12. The second-order valence-electron chi connectivity index (χ2n) is 6.13. The predicted octanol–water partition coefficient (Wildman–Crippen LogP) is 3.84. The van der Waals surface area contributed by atoms with Crippen molar-refractivity contribution in [1.82, 2.24) is 4.72 Å². The molecule has 0 unspecified atom stereocenters. The van der Waals surface area contributed by atoms with Crippen LogP contribution in [-0.2, 0) is 10.0 Å². The van der Waals surface area contributed by atoms with Gasteiger partial charge in [0, 0.05) is 10.5 Å². The summed E-state index contributed by atoms with van der Waals surface area (Å²) in [6.07, 6.45) is 3.54. The van der Waals surface area contributed by atoms with Gasteiger partial charge in [-0.15, -0.1) is 0 Å². The summed E-state index contributed by atoms with van der Waals surface area (Å²) in [4.78, 5) is -0.287. The second kappa shape index (κ2) is 5.73. The summed E-state index contributed by atoms with van der Waals surface area (Å²) in [5, 5.41) is 0. The molecule has 1 fully saturated rings. The third-order valence-corrected chi connectivity index (χ3v) is 5.89. The fourth-order valence-corrected chi connectivity index (χ4v) is 4.19. The molecular formula is C14H19BrFNO2S. The number of benzene rings is 1. The number of nitrogens with one attached hydrogen (secondary N) is 1. The van der Waals surface area contributed by atoms with Crippen LogP contribution in [0.15, 0.2) is 27.6 Å². The molecule has 2 rings (SSSR count). The molecule has 0 spiro atoms. The predicted molar refractivity (Wildman–Crippen MR) is 80.5 cm³/mol. The van der Waals surface area contributed by atoms with Crippen LogP contribution in [0.3, 0.4) is 0 Å². The molecule has 3 nitrogen and oxygen atoms in total. The van der Waals surface area contributed by atoms with Crippen LogP contribution in [0.1, 0.15) is 39.5 Å². The molecule has 1 aliphatic carbocycles. The van der Waals surface area contributed by atoms with Crippen LogP contribution in [0.5, 0.6) is 0 Å². The topological polar surface area (TPSA) is 46.2 Å². The molecule has 0 aromatic heterocycles. The number of hydrogen-bond acceptors (Lipinski definition) is 2. The highest BCUT2D eigenvalue weighted by atomic mass is 79.9. The van der Waals surface area contributed by atoms with E-state index in [-0.39, 0.29) is 16.4 Å². The van der Waals surface area contributed by atoms with Gasteiger partial charge >= 0.3 is 0 Å². The van der Waals surface area contributed by atoms with Crippen molar-refractivity contribution in [2.24, 2.45) is 5.41 Å². The maximum absolute atomic E-state index is 13.8. The van der Waals surface area contributed by atoms with Crippen molar-refractivity contribution < 1.29 is 12.8 Å². The van der Waals surface area contributed by atoms with E-state index < -0.39 is 15.8 Å². The van der Waals surface area contributed by atoms with Gasteiger partial charge in [-0.2, -0.15) is 0 Å². The molecule has 1 aromatic rings. The first-order valence-corrected chi connectivity index (χ1v) is 8.95. The van der Waals surface area contributed by atoms with Crippen LogP contribution >= 0.6 is 15.9 Å². The van der Waals surface area contributed by atoms with Gasteiger partial charge < -0.3 is 0 Å². The monoisotopic (exact) mass is 363 g/mol. The maximum atomic E-state index is 13.8. The zero-order chi connectivity index (χ0) is 15.0. The van der Waals surface area contributed by atoms with E-state index in [1.54, 1.807) is 0 Å². The highest BCUT2D eigenvalue weighted by molar-refractivity contribution is 9.10. The molecule has 0 atom stereocenters. The van der Waals surface area contributed by atoms with Crippen molar-refractivity contribution in [1.29, 1.82) is 0 Å². The Morgan fingerprint density at radius 2 is 1.90 bits per heavy atom. The smallest absolute Gasteiger partial charge is 0.208 e. The van der Waals surface area contributed by atoms with Crippen LogP contribution in [0.2, 0.25) is 0 Å². The van der Waals surface area contributed by atoms with E-state index in [1.165, 1.54) is 18.2 Å². The number of halogens is 2. The molecule has 20 heavy (non-hydrogen) atoms. The van der Waals surface area contributed by atoms with Crippen LogP contribution in [0.4, 0.5) is 4.39 Å². The number of hydrogen-bond donors (Lipinski definition) is 1. The van der Waals surface area contributed by atoms with Gasteiger partial charge in [-0.3, -0.25) is 0 Å². The molecule has 0 radical (unpaired) electrons. The standard InChI is InChI=1S/C14H19BrFNO2S/c1-14(2)7-5-11(6-8-14)17-20(18,19)13-4-3-10(15)9-12(13)16/h3-4,9,11,17H,5-8H2,1-2H3. The molecule has 0 aliphatic heterocycles. The number of sulfonamides is 1. The molecule has 1 aliphatic rings. The van der Waals surface area contributed by atoms with Crippen LogP contribution in [0.25, 0.3) is 0 Å². The van der Waals surface area contributed by atoms with Gasteiger partial charge in [-0.25, -0.2) is 17.5 Å². The molecule has 0 saturated heterocycles. The first-order valence-electron chi connectivity index (χ1n) is 6.67. The minimum absolute atomic E-state index is 0.101. The fourth-order valence-electron chi connectivity index (χ4n) is 2.49. The fraction of sp³-hybridized carbons (Fsp3) is 0.571. The largest absolute Gasteiger partial charge is 0.243 e. The molecular weight excluding hydrogens is 345 g/mol.